The van der Waals surface area contributed by atoms with E-state index in [1.165, 1.54) is 6.92 Å². The zero-order valence-electron chi connectivity index (χ0n) is 14.9. The molecule has 1 N–H and O–H groups in total. The highest BCUT2D eigenvalue weighted by molar-refractivity contribution is 6.30. The molecule has 0 bridgehead atoms. The zero-order valence-corrected chi connectivity index (χ0v) is 15.7. The maximum atomic E-state index is 12.7. The molecule has 6 nitrogen and oxygen atoms in total. The van der Waals surface area contributed by atoms with Crippen molar-refractivity contribution in [2.75, 3.05) is 31.5 Å². The molecule has 140 valence electrons. The Morgan fingerprint density at radius 1 is 0.889 bits per heavy atom. The third-order valence-corrected chi connectivity index (χ3v) is 4.74. The summed E-state index contributed by atoms with van der Waals surface area (Å²) < 4.78 is 0. The van der Waals surface area contributed by atoms with Gasteiger partial charge in [-0.05, 0) is 42.5 Å². The molecule has 0 saturated carbocycles. The van der Waals surface area contributed by atoms with Crippen molar-refractivity contribution in [3.05, 3.63) is 64.7 Å². The lowest BCUT2D eigenvalue weighted by atomic mass is 10.1. The van der Waals surface area contributed by atoms with E-state index in [1.807, 2.05) is 0 Å². The molecule has 0 atom stereocenters. The van der Waals surface area contributed by atoms with Gasteiger partial charge in [-0.25, -0.2) is 0 Å². The Morgan fingerprint density at radius 3 is 2.11 bits per heavy atom. The molecule has 1 fully saturated rings. The third-order valence-electron chi connectivity index (χ3n) is 4.49. The molecule has 0 unspecified atom stereocenters. The second-order valence-electron chi connectivity index (χ2n) is 6.34. The predicted octanol–water partition coefficient (Wildman–Crippen LogP) is 2.90. The lowest BCUT2D eigenvalue weighted by Crippen LogP contribution is -2.50. The average Bonchev–Trinajstić information content (AvgIpc) is 2.69. The van der Waals surface area contributed by atoms with E-state index < -0.39 is 0 Å². The van der Waals surface area contributed by atoms with Crippen molar-refractivity contribution in [3.63, 3.8) is 0 Å². The number of rotatable bonds is 3. The first-order valence-corrected chi connectivity index (χ1v) is 9.03. The highest BCUT2D eigenvalue weighted by atomic mass is 35.5. The van der Waals surface area contributed by atoms with Crippen LogP contribution < -0.4 is 5.32 Å². The second-order valence-corrected chi connectivity index (χ2v) is 6.78. The van der Waals surface area contributed by atoms with Crippen LogP contribution in [0, 0.1) is 0 Å². The molecular formula is C20H20ClN3O3. The lowest BCUT2D eigenvalue weighted by molar-refractivity contribution is -0.130. The van der Waals surface area contributed by atoms with Gasteiger partial charge >= 0.3 is 0 Å². The van der Waals surface area contributed by atoms with Crippen LogP contribution in [0.3, 0.4) is 0 Å². The van der Waals surface area contributed by atoms with E-state index in [-0.39, 0.29) is 17.7 Å². The Morgan fingerprint density at radius 2 is 1.48 bits per heavy atom. The molecule has 7 heteroatoms. The molecule has 1 aliphatic rings. The first-order chi connectivity index (χ1) is 12.9. The number of carbonyl (C=O) groups excluding carboxylic acids is 3. The quantitative estimate of drug-likeness (QED) is 0.883. The van der Waals surface area contributed by atoms with Crippen molar-refractivity contribution in [2.45, 2.75) is 6.92 Å². The van der Waals surface area contributed by atoms with Crippen LogP contribution in [0.5, 0.6) is 0 Å². The van der Waals surface area contributed by atoms with E-state index in [4.69, 9.17) is 11.6 Å². The molecule has 0 spiro atoms. The Bertz CT molecular complexity index is 859. The normalized spacial score (nSPS) is 14.0. The van der Waals surface area contributed by atoms with Crippen LogP contribution in [-0.2, 0) is 4.79 Å². The van der Waals surface area contributed by atoms with Gasteiger partial charge in [-0.15, -0.1) is 0 Å². The molecule has 0 aromatic heterocycles. The fraction of sp³-hybridized carbons (Fsp3) is 0.250. The van der Waals surface area contributed by atoms with Crippen LogP contribution in [0.4, 0.5) is 5.69 Å². The van der Waals surface area contributed by atoms with E-state index in [0.717, 1.165) is 0 Å². The number of piperazine rings is 1. The molecule has 1 saturated heterocycles. The number of amides is 3. The molecular weight excluding hydrogens is 366 g/mol. The number of nitrogens with zero attached hydrogens (tertiary/aromatic N) is 2. The van der Waals surface area contributed by atoms with E-state index in [9.17, 15) is 14.4 Å². The van der Waals surface area contributed by atoms with E-state index in [2.05, 4.69) is 5.32 Å². The van der Waals surface area contributed by atoms with Crippen LogP contribution in [-0.4, -0.2) is 53.7 Å². The maximum Gasteiger partial charge on any atom is 0.255 e. The highest BCUT2D eigenvalue weighted by Gasteiger charge is 2.23. The van der Waals surface area contributed by atoms with Gasteiger partial charge in [0.25, 0.3) is 11.8 Å². The zero-order chi connectivity index (χ0) is 19.4. The predicted molar refractivity (Wildman–Crippen MR) is 104 cm³/mol. The van der Waals surface area contributed by atoms with Crippen LogP contribution in [0.15, 0.2) is 48.5 Å². The second kappa shape index (κ2) is 8.22. The first kappa shape index (κ1) is 18.9. The summed E-state index contributed by atoms with van der Waals surface area (Å²) in [5.74, 6) is -0.421. The number of hydrogen-bond acceptors (Lipinski definition) is 3. The van der Waals surface area contributed by atoms with Crippen LogP contribution >= 0.6 is 11.6 Å². The monoisotopic (exact) mass is 385 g/mol. The lowest BCUT2D eigenvalue weighted by Gasteiger charge is -2.34. The smallest absolute Gasteiger partial charge is 0.255 e. The Hall–Kier alpha value is -2.86. The van der Waals surface area contributed by atoms with Gasteiger partial charge in [0.05, 0.1) is 0 Å². The Balaban J connectivity index is 1.67. The van der Waals surface area contributed by atoms with E-state index in [1.54, 1.807) is 58.3 Å². The molecule has 3 rings (SSSR count). The van der Waals surface area contributed by atoms with Gasteiger partial charge in [0.2, 0.25) is 5.91 Å². The summed E-state index contributed by atoms with van der Waals surface area (Å²) in [7, 11) is 0. The fourth-order valence-electron chi connectivity index (χ4n) is 2.94. The van der Waals surface area contributed by atoms with Gasteiger partial charge in [0, 0.05) is 54.9 Å². The minimum absolute atomic E-state index is 0.0166. The maximum absolute atomic E-state index is 12.7. The molecule has 2 aromatic carbocycles. The summed E-state index contributed by atoms with van der Waals surface area (Å²) in [6.45, 7) is 3.55. The molecule has 1 aliphatic heterocycles. The van der Waals surface area contributed by atoms with Crippen LogP contribution in [0.2, 0.25) is 5.02 Å². The van der Waals surface area contributed by atoms with Crippen molar-refractivity contribution in [1.82, 2.24) is 9.80 Å². The van der Waals surface area contributed by atoms with Gasteiger partial charge in [0.15, 0.2) is 0 Å². The van der Waals surface area contributed by atoms with Gasteiger partial charge < -0.3 is 15.1 Å². The van der Waals surface area contributed by atoms with Crippen LogP contribution in [0.1, 0.15) is 27.6 Å². The van der Waals surface area contributed by atoms with Crippen molar-refractivity contribution in [1.29, 1.82) is 0 Å². The van der Waals surface area contributed by atoms with Crippen molar-refractivity contribution in [3.8, 4) is 0 Å². The Kier molecular flexibility index (Phi) is 5.76. The van der Waals surface area contributed by atoms with Crippen molar-refractivity contribution >= 4 is 35.0 Å². The average molecular weight is 386 g/mol. The van der Waals surface area contributed by atoms with Gasteiger partial charge in [0.1, 0.15) is 0 Å². The summed E-state index contributed by atoms with van der Waals surface area (Å²) >= 11 is 5.84. The summed E-state index contributed by atoms with van der Waals surface area (Å²) in [5.41, 5.74) is 1.48. The molecule has 0 aliphatic carbocycles. The number of anilines is 1. The topological polar surface area (TPSA) is 69.7 Å². The molecule has 3 amide bonds. The summed E-state index contributed by atoms with van der Waals surface area (Å²) in [4.78, 5) is 40.0. The number of carbonyl (C=O) groups is 3. The number of nitrogens with one attached hydrogen (secondary N) is 1. The van der Waals surface area contributed by atoms with Crippen molar-refractivity contribution in [2.24, 2.45) is 0 Å². The number of halogens is 1. The minimum atomic E-state index is -0.298. The largest absolute Gasteiger partial charge is 0.339 e. The number of benzene rings is 2. The summed E-state index contributed by atoms with van der Waals surface area (Å²) in [6, 6.07) is 13.4. The number of hydrogen-bond donors (Lipinski definition) is 1. The third kappa shape index (κ3) is 4.65. The van der Waals surface area contributed by atoms with Crippen molar-refractivity contribution < 1.29 is 14.4 Å². The molecule has 27 heavy (non-hydrogen) atoms. The van der Waals surface area contributed by atoms with Gasteiger partial charge in [-0.2, -0.15) is 0 Å². The summed E-state index contributed by atoms with van der Waals surface area (Å²) in [5, 5.41) is 3.37. The summed E-state index contributed by atoms with van der Waals surface area (Å²) in [6.07, 6.45) is 0. The van der Waals surface area contributed by atoms with Crippen LogP contribution in [0.25, 0.3) is 0 Å². The SMILES string of the molecule is CC(=O)N1CCN(C(=O)c2cccc(C(=O)Nc3ccc(Cl)cc3)c2)CC1. The van der Waals surface area contributed by atoms with E-state index >= 15 is 0 Å². The first-order valence-electron chi connectivity index (χ1n) is 8.66. The molecule has 2 aromatic rings. The highest BCUT2D eigenvalue weighted by Crippen LogP contribution is 2.16. The van der Waals surface area contributed by atoms with Gasteiger partial charge in [-0.1, -0.05) is 17.7 Å². The van der Waals surface area contributed by atoms with Gasteiger partial charge in [-0.3, -0.25) is 14.4 Å². The Labute approximate surface area is 162 Å². The minimum Gasteiger partial charge on any atom is -0.339 e. The fourth-order valence-corrected chi connectivity index (χ4v) is 3.06. The molecule has 1 heterocycles. The van der Waals surface area contributed by atoms with E-state index in [0.29, 0.717) is 48.0 Å². The standard InChI is InChI=1S/C20H20ClN3O3/c1-14(25)23-9-11-24(12-10-23)20(27)16-4-2-3-15(13-16)19(26)22-18-7-5-17(21)6-8-18/h2-8,13H,9-12H2,1H3,(H,22,26). The molecule has 0 radical (unpaired) electrons.